The SMILES string of the molecule is C[C@H](O)c1cc(Br)cc([N+](=O)[O-])c1OCCn1ccnc1. The second-order valence-electron chi connectivity index (χ2n) is 4.43. The molecule has 1 aromatic carbocycles. The molecule has 1 heterocycles. The van der Waals surface area contributed by atoms with Crippen LogP contribution in [-0.2, 0) is 6.54 Å². The predicted octanol–water partition coefficient (Wildman–Crippen LogP) is 2.69. The average molecular weight is 356 g/mol. The van der Waals surface area contributed by atoms with Gasteiger partial charge in [0.2, 0.25) is 5.75 Å². The molecule has 2 rings (SSSR count). The highest BCUT2D eigenvalue weighted by Gasteiger charge is 2.23. The number of aromatic nitrogens is 2. The Morgan fingerprint density at radius 2 is 2.33 bits per heavy atom. The van der Waals surface area contributed by atoms with Crippen molar-refractivity contribution in [1.29, 1.82) is 0 Å². The first-order valence-corrected chi connectivity index (χ1v) is 7.02. The summed E-state index contributed by atoms with van der Waals surface area (Å²) in [5.74, 6) is 0.0957. The monoisotopic (exact) mass is 355 g/mol. The molecule has 1 atom stereocenters. The van der Waals surface area contributed by atoms with E-state index in [4.69, 9.17) is 4.74 Å². The van der Waals surface area contributed by atoms with Crippen molar-refractivity contribution in [2.45, 2.75) is 19.6 Å². The van der Waals surface area contributed by atoms with Crippen LogP contribution in [0.4, 0.5) is 5.69 Å². The number of halogens is 1. The van der Waals surface area contributed by atoms with E-state index in [-0.39, 0.29) is 18.0 Å². The Morgan fingerprint density at radius 3 is 2.90 bits per heavy atom. The zero-order valence-corrected chi connectivity index (χ0v) is 12.9. The number of rotatable bonds is 6. The van der Waals surface area contributed by atoms with Crippen LogP contribution in [0, 0.1) is 10.1 Å². The van der Waals surface area contributed by atoms with Gasteiger partial charge in [0.15, 0.2) is 0 Å². The van der Waals surface area contributed by atoms with Crippen LogP contribution in [0.2, 0.25) is 0 Å². The van der Waals surface area contributed by atoms with Gasteiger partial charge in [0.05, 0.1) is 23.9 Å². The largest absolute Gasteiger partial charge is 0.485 e. The fourth-order valence-corrected chi connectivity index (χ4v) is 2.34. The van der Waals surface area contributed by atoms with Gasteiger partial charge in [0.25, 0.3) is 0 Å². The lowest BCUT2D eigenvalue weighted by Gasteiger charge is -2.14. The lowest BCUT2D eigenvalue weighted by Crippen LogP contribution is -2.10. The maximum absolute atomic E-state index is 11.1. The summed E-state index contributed by atoms with van der Waals surface area (Å²) in [6, 6.07) is 2.97. The van der Waals surface area contributed by atoms with Crippen LogP contribution < -0.4 is 4.74 Å². The Bertz CT molecular complexity index is 629. The minimum Gasteiger partial charge on any atom is -0.485 e. The number of ether oxygens (including phenoxy) is 1. The molecule has 0 unspecified atom stereocenters. The summed E-state index contributed by atoms with van der Waals surface area (Å²) >= 11 is 3.20. The lowest BCUT2D eigenvalue weighted by atomic mass is 10.1. The second-order valence-corrected chi connectivity index (χ2v) is 5.34. The van der Waals surface area contributed by atoms with E-state index < -0.39 is 11.0 Å². The standard InChI is InChI=1S/C13H14BrN3O4/c1-9(18)11-6-10(14)7-12(17(19)20)13(11)21-5-4-16-3-2-15-8-16/h2-3,6-9,18H,4-5H2,1H3/t9-/m0/s1. The van der Waals surface area contributed by atoms with Gasteiger partial charge in [-0.05, 0) is 13.0 Å². The summed E-state index contributed by atoms with van der Waals surface area (Å²) in [4.78, 5) is 14.5. The molecule has 1 aromatic heterocycles. The molecule has 112 valence electrons. The number of nitro benzene ring substituents is 1. The Hall–Kier alpha value is -1.93. The highest BCUT2D eigenvalue weighted by molar-refractivity contribution is 9.10. The van der Waals surface area contributed by atoms with Gasteiger partial charge in [-0.3, -0.25) is 10.1 Å². The number of aliphatic hydroxyl groups is 1. The van der Waals surface area contributed by atoms with Crippen LogP contribution in [0.25, 0.3) is 0 Å². The van der Waals surface area contributed by atoms with Crippen molar-refractivity contribution >= 4 is 21.6 Å². The van der Waals surface area contributed by atoms with Gasteiger partial charge in [-0.25, -0.2) is 4.98 Å². The molecule has 0 saturated carbocycles. The fraction of sp³-hybridized carbons (Fsp3) is 0.308. The molecular weight excluding hydrogens is 342 g/mol. The minimum atomic E-state index is -0.871. The molecular formula is C13H14BrN3O4. The Morgan fingerprint density at radius 1 is 1.57 bits per heavy atom. The molecule has 0 aliphatic heterocycles. The number of nitrogens with zero attached hydrogens (tertiary/aromatic N) is 3. The average Bonchev–Trinajstić information content (AvgIpc) is 2.92. The van der Waals surface area contributed by atoms with Crippen molar-refractivity contribution < 1.29 is 14.8 Å². The molecule has 7 nitrogen and oxygen atoms in total. The van der Waals surface area contributed by atoms with E-state index >= 15 is 0 Å². The Balaban J connectivity index is 2.24. The number of hydrogen-bond acceptors (Lipinski definition) is 5. The first-order valence-electron chi connectivity index (χ1n) is 6.23. The molecule has 2 aromatic rings. The lowest BCUT2D eigenvalue weighted by molar-refractivity contribution is -0.386. The zero-order valence-electron chi connectivity index (χ0n) is 11.3. The van der Waals surface area contributed by atoms with Gasteiger partial charge < -0.3 is 14.4 Å². The first kappa shape index (κ1) is 15.5. The number of hydrogen-bond donors (Lipinski definition) is 1. The number of imidazole rings is 1. The molecule has 0 aliphatic rings. The predicted molar refractivity (Wildman–Crippen MR) is 79.2 cm³/mol. The van der Waals surface area contributed by atoms with Crippen molar-refractivity contribution in [3.63, 3.8) is 0 Å². The zero-order chi connectivity index (χ0) is 15.4. The van der Waals surface area contributed by atoms with E-state index in [9.17, 15) is 15.2 Å². The third-order valence-corrected chi connectivity index (χ3v) is 3.32. The van der Waals surface area contributed by atoms with Crippen LogP contribution in [0.1, 0.15) is 18.6 Å². The maximum Gasteiger partial charge on any atom is 0.312 e. The molecule has 0 spiro atoms. The van der Waals surface area contributed by atoms with Crippen molar-refractivity contribution in [3.8, 4) is 5.75 Å². The first-order chi connectivity index (χ1) is 9.99. The topological polar surface area (TPSA) is 90.4 Å². The van der Waals surface area contributed by atoms with Gasteiger partial charge >= 0.3 is 5.69 Å². The van der Waals surface area contributed by atoms with Gasteiger partial charge in [0.1, 0.15) is 6.61 Å². The van der Waals surface area contributed by atoms with Gasteiger partial charge in [-0.1, -0.05) is 15.9 Å². The van der Waals surface area contributed by atoms with Crippen molar-refractivity contribution in [3.05, 3.63) is 51.0 Å². The summed E-state index contributed by atoms with van der Waals surface area (Å²) < 4.78 is 7.87. The summed E-state index contributed by atoms with van der Waals surface area (Å²) in [6.45, 7) is 2.28. The van der Waals surface area contributed by atoms with Crippen molar-refractivity contribution in [2.24, 2.45) is 0 Å². The maximum atomic E-state index is 11.1. The van der Waals surface area contributed by atoms with E-state index in [1.165, 1.54) is 13.0 Å². The van der Waals surface area contributed by atoms with Gasteiger partial charge in [-0.2, -0.15) is 0 Å². The van der Waals surface area contributed by atoms with Crippen LogP contribution >= 0.6 is 15.9 Å². The number of nitro groups is 1. The van der Waals surface area contributed by atoms with Crippen LogP contribution in [-0.4, -0.2) is 26.2 Å². The molecule has 8 heteroatoms. The Kier molecular flexibility index (Phi) is 4.92. The third kappa shape index (κ3) is 3.79. The van der Waals surface area contributed by atoms with E-state index in [2.05, 4.69) is 20.9 Å². The minimum absolute atomic E-state index is 0.0957. The number of aliphatic hydroxyl groups excluding tert-OH is 1. The molecule has 0 aliphatic carbocycles. The quantitative estimate of drug-likeness (QED) is 0.635. The van der Waals surface area contributed by atoms with Crippen molar-refractivity contribution in [1.82, 2.24) is 9.55 Å². The molecule has 0 fully saturated rings. The van der Waals surface area contributed by atoms with Crippen LogP contribution in [0.15, 0.2) is 35.3 Å². The summed E-state index contributed by atoms with van der Waals surface area (Å²) in [7, 11) is 0. The summed E-state index contributed by atoms with van der Waals surface area (Å²) in [6.07, 6.45) is 4.18. The molecule has 0 bridgehead atoms. The highest BCUT2D eigenvalue weighted by Crippen LogP contribution is 2.37. The third-order valence-electron chi connectivity index (χ3n) is 2.86. The van der Waals surface area contributed by atoms with Crippen molar-refractivity contribution in [2.75, 3.05) is 6.61 Å². The summed E-state index contributed by atoms with van der Waals surface area (Å²) in [5.41, 5.74) is 0.201. The van der Waals surface area contributed by atoms with Crippen LogP contribution in [0.5, 0.6) is 5.75 Å². The molecule has 0 saturated heterocycles. The van der Waals surface area contributed by atoms with Gasteiger partial charge in [0, 0.05) is 28.5 Å². The van der Waals surface area contributed by atoms with E-state index in [0.717, 1.165) is 0 Å². The fourth-order valence-electron chi connectivity index (χ4n) is 1.88. The highest BCUT2D eigenvalue weighted by atomic mass is 79.9. The number of benzene rings is 1. The van der Waals surface area contributed by atoms with E-state index in [1.807, 2.05) is 0 Å². The molecule has 1 N–H and O–H groups in total. The summed E-state index contributed by atoms with van der Waals surface area (Å²) in [5, 5.41) is 20.9. The normalized spacial score (nSPS) is 12.1. The second kappa shape index (κ2) is 6.68. The molecule has 0 amide bonds. The van der Waals surface area contributed by atoms with E-state index in [0.29, 0.717) is 16.6 Å². The van der Waals surface area contributed by atoms with Gasteiger partial charge in [-0.15, -0.1) is 0 Å². The smallest absolute Gasteiger partial charge is 0.312 e. The molecule has 21 heavy (non-hydrogen) atoms. The Labute approximate surface area is 129 Å². The van der Waals surface area contributed by atoms with Crippen LogP contribution in [0.3, 0.4) is 0 Å². The molecule has 0 radical (unpaired) electrons. The van der Waals surface area contributed by atoms with E-state index in [1.54, 1.807) is 29.4 Å².